The molecular weight excluding hydrogens is 390 g/mol. The summed E-state index contributed by atoms with van der Waals surface area (Å²) in [5.41, 5.74) is 2.51. The van der Waals surface area contributed by atoms with E-state index in [1.165, 1.54) is 7.05 Å². The maximum atomic E-state index is 13.1. The highest BCUT2D eigenvalue weighted by molar-refractivity contribution is 7.18. The highest BCUT2D eigenvalue weighted by Gasteiger charge is 2.27. The average molecular weight is 411 g/mol. The number of fused-ring (bicyclic) bond motifs is 1. The number of hydrogen-bond donors (Lipinski definition) is 2. The number of nitrogens with zero attached hydrogens (tertiary/aromatic N) is 1. The van der Waals surface area contributed by atoms with Gasteiger partial charge in [-0.05, 0) is 38.5 Å². The van der Waals surface area contributed by atoms with Gasteiger partial charge in [-0.3, -0.25) is 14.6 Å². The number of carbonyl (C=O) groups is 3. The highest BCUT2D eigenvalue weighted by Crippen LogP contribution is 2.34. The fourth-order valence-corrected chi connectivity index (χ4v) is 4.18. The Hall–Kier alpha value is -3.26. The van der Waals surface area contributed by atoms with Crippen molar-refractivity contribution in [2.45, 2.75) is 20.8 Å². The second-order valence-corrected chi connectivity index (χ2v) is 7.36. The van der Waals surface area contributed by atoms with Gasteiger partial charge in [-0.15, -0.1) is 11.3 Å². The van der Waals surface area contributed by atoms with E-state index < -0.39 is 5.97 Å². The van der Waals surface area contributed by atoms with Gasteiger partial charge in [-0.1, -0.05) is 18.2 Å². The van der Waals surface area contributed by atoms with Crippen LogP contribution in [0.5, 0.6) is 0 Å². The minimum absolute atomic E-state index is 0.186. The number of thiophene rings is 1. The van der Waals surface area contributed by atoms with E-state index in [0.29, 0.717) is 32.6 Å². The number of aromatic nitrogens is 1. The normalized spacial score (nSPS) is 10.6. The van der Waals surface area contributed by atoms with Crippen molar-refractivity contribution in [2.75, 3.05) is 19.0 Å². The van der Waals surface area contributed by atoms with E-state index in [1.54, 1.807) is 19.9 Å². The van der Waals surface area contributed by atoms with E-state index in [2.05, 4.69) is 15.6 Å². The molecule has 2 aromatic heterocycles. The first-order valence-electron chi connectivity index (χ1n) is 9.07. The van der Waals surface area contributed by atoms with Gasteiger partial charge >= 0.3 is 5.97 Å². The first kappa shape index (κ1) is 20.5. The number of carbonyl (C=O) groups excluding carboxylic acids is 3. The van der Waals surface area contributed by atoms with Crippen LogP contribution >= 0.6 is 11.3 Å². The molecule has 0 bridgehead atoms. The Balaban J connectivity index is 2.07. The summed E-state index contributed by atoms with van der Waals surface area (Å²) in [5, 5.41) is 6.33. The van der Waals surface area contributed by atoms with Crippen molar-refractivity contribution in [1.82, 2.24) is 10.3 Å². The molecule has 0 unspecified atom stereocenters. The van der Waals surface area contributed by atoms with Crippen LogP contribution in [-0.2, 0) is 4.74 Å². The summed E-state index contributed by atoms with van der Waals surface area (Å²) in [6.45, 7) is 5.36. The molecule has 0 fully saturated rings. The van der Waals surface area contributed by atoms with Crippen LogP contribution in [0.25, 0.3) is 10.9 Å². The van der Waals surface area contributed by atoms with Crippen molar-refractivity contribution in [3.05, 3.63) is 57.6 Å². The number of esters is 1. The van der Waals surface area contributed by atoms with E-state index in [-0.39, 0.29) is 29.0 Å². The second-order valence-electron chi connectivity index (χ2n) is 6.34. The number of rotatable bonds is 5. The number of pyridine rings is 1. The molecule has 0 atom stereocenters. The first-order valence-corrected chi connectivity index (χ1v) is 9.89. The number of anilines is 1. The molecule has 1 aromatic carbocycles. The summed E-state index contributed by atoms with van der Waals surface area (Å²) in [6, 6.07) is 9.04. The van der Waals surface area contributed by atoms with E-state index in [4.69, 9.17) is 4.74 Å². The molecule has 3 rings (SSSR count). The predicted octanol–water partition coefficient (Wildman–Crippen LogP) is 3.70. The smallest absolute Gasteiger partial charge is 0.341 e. The molecule has 3 aromatic rings. The molecule has 0 radical (unpaired) electrons. The summed E-state index contributed by atoms with van der Waals surface area (Å²) in [7, 11) is 1.51. The van der Waals surface area contributed by atoms with Crippen molar-refractivity contribution in [3.63, 3.8) is 0 Å². The topological polar surface area (TPSA) is 97.4 Å². The quantitative estimate of drug-likeness (QED) is 0.624. The number of aryl methyl sites for hydroxylation is 1. The van der Waals surface area contributed by atoms with Gasteiger partial charge in [0.15, 0.2) is 0 Å². The first-order chi connectivity index (χ1) is 13.9. The van der Waals surface area contributed by atoms with E-state index in [9.17, 15) is 14.4 Å². The van der Waals surface area contributed by atoms with Crippen molar-refractivity contribution in [3.8, 4) is 0 Å². The molecule has 0 aliphatic heterocycles. The fourth-order valence-electron chi connectivity index (χ4n) is 3.05. The minimum Gasteiger partial charge on any atom is -0.462 e. The highest BCUT2D eigenvalue weighted by atomic mass is 32.1. The summed E-state index contributed by atoms with van der Waals surface area (Å²) in [5.74, 6) is -1.30. The molecular formula is C21H21N3O4S. The Kier molecular flexibility index (Phi) is 5.93. The molecule has 2 amide bonds. The van der Waals surface area contributed by atoms with Crippen molar-refractivity contribution < 1.29 is 19.1 Å². The lowest BCUT2D eigenvalue weighted by Crippen LogP contribution is -2.18. The lowest BCUT2D eigenvalue weighted by molar-refractivity contribution is 0.0527. The number of hydrogen-bond acceptors (Lipinski definition) is 6. The molecule has 0 spiro atoms. The molecule has 2 N–H and O–H groups in total. The molecule has 150 valence electrons. The zero-order valence-corrected chi connectivity index (χ0v) is 17.4. The molecule has 8 heteroatoms. The van der Waals surface area contributed by atoms with Gasteiger partial charge in [0.2, 0.25) is 0 Å². The lowest BCUT2D eigenvalue weighted by Gasteiger charge is -2.10. The molecule has 7 nitrogen and oxygen atoms in total. The van der Waals surface area contributed by atoms with Gasteiger partial charge in [0.25, 0.3) is 11.8 Å². The Labute approximate surface area is 172 Å². The van der Waals surface area contributed by atoms with E-state index in [0.717, 1.165) is 11.3 Å². The zero-order chi connectivity index (χ0) is 21.1. The number of ether oxygens (including phenoxy) is 1. The number of para-hydroxylation sites is 1. The van der Waals surface area contributed by atoms with Gasteiger partial charge in [0.05, 0.1) is 28.1 Å². The summed E-state index contributed by atoms with van der Waals surface area (Å²) in [6.07, 6.45) is 0. The van der Waals surface area contributed by atoms with Gasteiger partial charge < -0.3 is 15.4 Å². The standard InChI is InChI=1S/C21H21N3O4S/c1-5-28-21(27)16-12(3)17(19(26)22-4)29-20(16)24-18(25)14-10-11(2)23-15-9-7-6-8-13(14)15/h6-10H,5H2,1-4H3,(H,22,26)(H,24,25). The average Bonchev–Trinajstić information content (AvgIpc) is 3.02. The Bertz CT molecular complexity index is 1120. The summed E-state index contributed by atoms with van der Waals surface area (Å²) >= 11 is 1.05. The SMILES string of the molecule is CCOC(=O)c1c(NC(=O)c2cc(C)nc3ccccc23)sc(C(=O)NC)c1C. The van der Waals surface area contributed by atoms with E-state index >= 15 is 0 Å². The van der Waals surface area contributed by atoms with E-state index in [1.807, 2.05) is 31.2 Å². The van der Waals surface area contributed by atoms with Crippen LogP contribution < -0.4 is 10.6 Å². The van der Waals surface area contributed by atoms with Crippen molar-refractivity contribution >= 4 is 45.0 Å². The summed E-state index contributed by atoms with van der Waals surface area (Å²) < 4.78 is 5.13. The second kappa shape index (κ2) is 8.40. The maximum absolute atomic E-state index is 13.1. The van der Waals surface area contributed by atoms with Crippen molar-refractivity contribution in [2.24, 2.45) is 0 Å². The largest absolute Gasteiger partial charge is 0.462 e. The van der Waals surface area contributed by atoms with Crippen LogP contribution in [0.1, 0.15) is 48.6 Å². The van der Waals surface area contributed by atoms with Crippen LogP contribution in [0.15, 0.2) is 30.3 Å². The Morgan fingerprint density at radius 2 is 1.86 bits per heavy atom. The number of benzene rings is 1. The van der Waals surface area contributed by atoms with Crippen LogP contribution in [0.2, 0.25) is 0 Å². The van der Waals surface area contributed by atoms with Gasteiger partial charge in [-0.2, -0.15) is 0 Å². The van der Waals surface area contributed by atoms with Gasteiger partial charge in [-0.25, -0.2) is 4.79 Å². The van der Waals surface area contributed by atoms with Crippen LogP contribution in [0, 0.1) is 13.8 Å². The molecule has 0 aliphatic carbocycles. The third kappa shape index (κ3) is 3.97. The molecule has 0 saturated carbocycles. The fraction of sp³-hybridized carbons (Fsp3) is 0.238. The number of nitrogens with one attached hydrogen (secondary N) is 2. The Morgan fingerprint density at radius 1 is 1.14 bits per heavy atom. The van der Waals surface area contributed by atoms with Crippen LogP contribution in [0.3, 0.4) is 0 Å². The summed E-state index contributed by atoms with van der Waals surface area (Å²) in [4.78, 5) is 42.5. The van der Waals surface area contributed by atoms with Gasteiger partial charge in [0, 0.05) is 18.1 Å². The van der Waals surface area contributed by atoms with Crippen LogP contribution in [-0.4, -0.2) is 36.4 Å². The number of amides is 2. The third-order valence-electron chi connectivity index (χ3n) is 4.38. The minimum atomic E-state index is -0.581. The van der Waals surface area contributed by atoms with Crippen molar-refractivity contribution in [1.29, 1.82) is 0 Å². The lowest BCUT2D eigenvalue weighted by atomic mass is 10.1. The monoisotopic (exact) mass is 411 g/mol. The van der Waals surface area contributed by atoms with Gasteiger partial charge in [0.1, 0.15) is 5.00 Å². The molecule has 0 saturated heterocycles. The molecule has 2 heterocycles. The molecule has 0 aliphatic rings. The Morgan fingerprint density at radius 3 is 2.55 bits per heavy atom. The molecule has 29 heavy (non-hydrogen) atoms. The maximum Gasteiger partial charge on any atom is 0.341 e. The van der Waals surface area contributed by atoms with Crippen LogP contribution in [0.4, 0.5) is 5.00 Å². The predicted molar refractivity (Wildman–Crippen MR) is 113 cm³/mol. The third-order valence-corrected chi connectivity index (χ3v) is 5.58. The zero-order valence-electron chi connectivity index (χ0n) is 16.6.